The third-order valence-electron chi connectivity index (χ3n) is 5.57. The number of carbonyl (C=O) groups excluding carboxylic acids is 2. The number of hydrogen-bond acceptors (Lipinski definition) is 5. The molecule has 0 radical (unpaired) electrons. The van der Waals surface area contributed by atoms with E-state index in [1.807, 2.05) is 43.3 Å². The summed E-state index contributed by atoms with van der Waals surface area (Å²) in [5, 5.41) is 2.94. The summed E-state index contributed by atoms with van der Waals surface area (Å²) in [7, 11) is 3.14. The molecule has 0 spiro atoms. The maximum atomic E-state index is 13.1. The van der Waals surface area contributed by atoms with Crippen LogP contribution in [-0.2, 0) is 11.3 Å². The summed E-state index contributed by atoms with van der Waals surface area (Å²) in [5.74, 6) is 0.844. The average molecular weight is 431 g/mol. The van der Waals surface area contributed by atoms with Crippen LogP contribution in [0, 0.1) is 6.92 Å². The molecule has 164 valence electrons. The average Bonchev–Trinajstić information content (AvgIpc) is 3.09. The summed E-state index contributed by atoms with van der Waals surface area (Å²) in [6.07, 6.45) is 1.74. The fraction of sp³-hybridized carbons (Fsp3) is 0.240. The number of anilines is 1. The number of hydrogen-bond donors (Lipinski definition) is 1. The fourth-order valence-corrected chi connectivity index (χ4v) is 3.98. The third-order valence-corrected chi connectivity index (χ3v) is 5.57. The molecular formula is C25H25N3O4. The molecule has 1 aromatic heterocycles. The maximum absolute atomic E-state index is 13.1. The van der Waals surface area contributed by atoms with Gasteiger partial charge in [0.1, 0.15) is 0 Å². The van der Waals surface area contributed by atoms with E-state index in [1.54, 1.807) is 43.5 Å². The van der Waals surface area contributed by atoms with Gasteiger partial charge in [-0.15, -0.1) is 0 Å². The monoisotopic (exact) mass is 431 g/mol. The predicted molar refractivity (Wildman–Crippen MR) is 121 cm³/mol. The second-order valence-electron chi connectivity index (χ2n) is 7.60. The summed E-state index contributed by atoms with van der Waals surface area (Å²) in [6, 6.07) is 16.2. The van der Waals surface area contributed by atoms with Crippen molar-refractivity contribution in [1.29, 1.82) is 0 Å². The molecule has 3 aromatic rings. The Morgan fingerprint density at radius 2 is 1.84 bits per heavy atom. The summed E-state index contributed by atoms with van der Waals surface area (Å²) < 4.78 is 10.8. The van der Waals surface area contributed by atoms with Crippen LogP contribution in [0.1, 0.15) is 39.6 Å². The highest BCUT2D eigenvalue weighted by Crippen LogP contribution is 2.38. The minimum Gasteiger partial charge on any atom is -0.493 e. The summed E-state index contributed by atoms with van der Waals surface area (Å²) in [6.45, 7) is 2.27. The first-order valence-electron chi connectivity index (χ1n) is 10.3. The van der Waals surface area contributed by atoms with Gasteiger partial charge in [-0.1, -0.05) is 29.8 Å². The Morgan fingerprint density at radius 1 is 1.06 bits per heavy atom. The highest BCUT2D eigenvalue weighted by atomic mass is 16.5. The number of nitrogens with one attached hydrogen (secondary N) is 1. The van der Waals surface area contributed by atoms with Crippen molar-refractivity contribution in [3.05, 3.63) is 83.2 Å². The lowest BCUT2D eigenvalue weighted by Crippen LogP contribution is -2.33. The Kier molecular flexibility index (Phi) is 6.07. The standard InChI is InChI=1S/C25H25N3O4/c1-16-9-11-18(12-10-16)28-20(23-19(25(28)30)7-5-13-26-23)14-22(29)27-15-17-6-4-8-21(31-2)24(17)32-3/h4-13,20H,14-15H2,1-3H3,(H,27,29)/t20-/m0/s1. The topological polar surface area (TPSA) is 80.8 Å². The molecular weight excluding hydrogens is 406 g/mol. The van der Waals surface area contributed by atoms with Gasteiger partial charge in [0.2, 0.25) is 5.91 Å². The van der Waals surface area contributed by atoms with E-state index in [0.29, 0.717) is 22.8 Å². The first kappa shape index (κ1) is 21.4. The second kappa shape index (κ2) is 9.09. The van der Waals surface area contributed by atoms with E-state index < -0.39 is 6.04 Å². The van der Waals surface area contributed by atoms with Crippen molar-refractivity contribution in [2.75, 3.05) is 19.1 Å². The van der Waals surface area contributed by atoms with Gasteiger partial charge in [-0.05, 0) is 37.3 Å². The Labute approximate surface area is 187 Å². The normalized spacial score (nSPS) is 14.8. The quantitative estimate of drug-likeness (QED) is 0.615. The molecule has 1 aliphatic rings. The number of aromatic nitrogens is 1. The molecule has 0 unspecified atom stereocenters. The van der Waals surface area contributed by atoms with E-state index >= 15 is 0 Å². The molecule has 0 fully saturated rings. The smallest absolute Gasteiger partial charge is 0.260 e. The van der Waals surface area contributed by atoms with Crippen LogP contribution in [-0.4, -0.2) is 31.0 Å². The molecule has 1 atom stereocenters. The van der Waals surface area contributed by atoms with Crippen LogP contribution in [0.4, 0.5) is 5.69 Å². The largest absolute Gasteiger partial charge is 0.493 e. The van der Waals surface area contributed by atoms with Gasteiger partial charge in [0.15, 0.2) is 11.5 Å². The Balaban J connectivity index is 1.55. The molecule has 0 saturated heterocycles. The fourth-order valence-electron chi connectivity index (χ4n) is 3.98. The lowest BCUT2D eigenvalue weighted by atomic mass is 10.1. The van der Waals surface area contributed by atoms with Crippen LogP contribution in [0.25, 0.3) is 0 Å². The SMILES string of the molecule is COc1cccc(CNC(=O)C[C@H]2c3ncccc3C(=O)N2c2ccc(C)cc2)c1OC. The second-order valence-corrected chi connectivity index (χ2v) is 7.60. The minimum atomic E-state index is -0.478. The van der Waals surface area contributed by atoms with E-state index in [9.17, 15) is 9.59 Å². The summed E-state index contributed by atoms with van der Waals surface area (Å²) in [4.78, 5) is 32.1. The van der Waals surface area contributed by atoms with Gasteiger partial charge < -0.3 is 14.8 Å². The molecule has 1 aliphatic heterocycles. The Hall–Kier alpha value is -3.87. The molecule has 2 amide bonds. The number of rotatable bonds is 7. The van der Waals surface area contributed by atoms with Crippen molar-refractivity contribution in [3.63, 3.8) is 0 Å². The summed E-state index contributed by atoms with van der Waals surface area (Å²) >= 11 is 0. The van der Waals surface area contributed by atoms with Crippen molar-refractivity contribution in [2.45, 2.75) is 25.9 Å². The van der Waals surface area contributed by atoms with E-state index in [-0.39, 0.29) is 24.8 Å². The van der Waals surface area contributed by atoms with Crippen molar-refractivity contribution in [2.24, 2.45) is 0 Å². The number of amides is 2. The number of ether oxygens (including phenoxy) is 2. The van der Waals surface area contributed by atoms with E-state index in [2.05, 4.69) is 10.3 Å². The van der Waals surface area contributed by atoms with Gasteiger partial charge in [0.05, 0.1) is 37.9 Å². The summed E-state index contributed by atoms with van der Waals surface area (Å²) in [5.41, 5.74) is 3.78. The van der Waals surface area contributed by atoms with Crippen LogP contribution in [0.15, 0.2) is 60.8 Å². The molecule has 2 aromatic carbocycles. The van der Waals surface area contributed by atoms with E-state index in [0.717, 1.165) is 16.8 Å². The van der Waals surface area contributed by atoms with Crippen molar-refractivity contribution in [1.82, 2.24) is 10.3 Å². The molecule has 7 nitrogen and oxygen atoms in total. The molecule has 2 heterocycles. The molecule has 4 rings (SSSR count). The van der Waals surface area contributed by atoms with Gasteiger partial charge in [-0.25, -0.2) is 0 Å². The van der Waals surface area contributed by atoms with Gasteiger partial charge >= 0.3 is 0 Å². The van der Waals surface area contributed by atoms with Crippen LogP contribution in [0.2, 0.25) is 0 Å². The number of benzene rings is 2. The number of fused-ring (bicyclic) bond motifs is 1. The molecule has 0 bridgehead atoms. The lowest BCUT2D eigenvalue weighted by molar-refractivity contribution is -0.121. The zero-order valence-corrected chi connectivity index (χ0v) is 18.3. The van der Waals surface area contributed by atoms with Crippen LogP contribution in [0.3, 0.4) is 0 Å². The number of aryl methyl sites for hydroxylation is 1. The number of pyridine rings is 1. The Morgan fingerprint density at radius 3 is 2.56 bits per heavy atom. The Bertz CT molecular complexity index is 1140. The lowest BCUT2D eigenvalue weighted by Gasteiger charge is -2.25. The number of nitrogens with zero attached hydrogens (tertiary/aromatic N) is 2. The van der Waals surface area contributed by atoms with Crippen molar-refractivity contribution < 1.29 is 19.1 Å². The highest BCUT2D eigenvalue weighted by molar-refractivity contribution is 6.11. The molecule has 7 heteroatoms. The van der Waals surface area contributed by atoms with Crippen molar-refractivity contribution >= 4 is 17.5 Å². The zero-order chi connectivity index (χ0) is 22.7. The molecule has 32 heavy (non-hydrogen) atoms. The van der Waals surface area contributed by atoms with E-state index in [4.69, 9.17) is 9.47 Å². The molecule has 0 saturated carbocycles. The number of para-hydroxylation sites is 1. The first-order valence-corrected chi connectivity index (χ1v) is 10.3. The van der Waals surface area contributed by atoms with Gasteiger partial charge in [-0.3, -0.25) is 19.5 Å². The van der Waals surface area contributed by atoms with E-state index in [1.165, 1.54) is 0 Å². The van der Waals surface area contributed by atoms with Crippen LogP contribution in [0.5, 0.6) is 11.5 Å². The van der Waals surface area contributed by atoms with Crippen molar-refractivity contribution in [3.8, 4) is 11.5 Å². The molecule has 0 aliphatic carbocycles. The first-order chi connectivity index (χ1) is 15.5. The maximum Gasteiger partial charge on any atom is 0.260 e. The zero-order valence-electron chi connectivity index (χ0n) is 18.3. The number of carbonyl (C=O) groups is 2. The van der Waals surface area contributed by atoms with Crippen LogP contribution < -0.4 is 19.7 Å². The van der Waals surface area contributed by atoms with Crippen LogP contribution >= 0.6 is 0 Å². The number of methoxy groups -OCH3 is 2. The van der Waals surface area contributed by atoms with Gasteiger partial charge in [-0.2, -0.15) is 0 Å². The minimum absolute atomic E-state index is 0.0932. The highest BCUT2D eigenvalue weighted by Gasteiger charge is 2.39. The predicted octanol–water partition coefficient (Wildman–Crippen LogP) is 3.82. The third kappa shape index (κ3) is 4.01. The molecule has 1 N–H and O–H groups in total. The van der Waals surface area contributed by atoms with Gasteiger partial charge in [0, 0.05) is 24.0 Å². The van der Waals surface area contributed by atoms with Gasteiger partial charge in [0.25, 0.3) is 5.91 Å².